The molecule has 0 radical (unpaired) electrons. The van der Waals surface area contributed by atoms with Crippen LogP contribution in [0.25, 0.3) is 0 Å². The van der Waals surface area contributed by atoms with Gasteiger partial charge in [-0.2, -0.15) is 0 Å². The number of rotatable bonds is 8. The van der Waals surface area contributed by atoms with Crippen LogP contribution in [-0.4, -0.2) is 24.4 Å². The first kappa shape index (κ1) is 17.0. The first-order valence-electron chi connectivity index (χ1n) is 8.07. The van der Waals surface area contributed by atoms with Crippen molar-refractivity contribution in [2.45, 2.75) is 97.9 Å². The fourth-order valence-corrected chi connectivity index (χ4v) is 2.52. The Morgan fingerprint density at radius 3 is 2.11 bits per heavy atom. The van der Waals surface area contributed by atoms with Crippen molar-refractivity contribution in [2.24, 2.45) is 5.41 Å². The maximum Gasteiger partial charge on any atom is 0.0631 e. The summed E-state index contributed by atoms with van der Waals surface area (Å²) in [6.45, 7) is 14.2. The lowest BCUT2D eigenvalue weighted by Gasteiger charge is -2.40. The zero-order chi connectivity index (χ0) is 14.5. The molecule has 0 aromatic rings. The average molecular weight is 270 g/mol. The van der Waals surface area contributed by atoms with Crippen LogP contribution < -0.4 is 0 Å². The predicted octanol–water partition coefficient (Wildman–Crippen LogP) is 4.96. The normalized spacial score (nSPS) is 26.8. The zero-order valence-electron chi connectivity index (χ0n) is 13.9. The Balaban J connectivity index is 2.20. The molecule has 1 atom stereocenters. The SMILES string of the molecule is CCCCC(C)(CC)COC1CC(OC(C)(C)C)C1. The Morgan fingerprint density at radius 2 is 1.63 bits per heavy atom. The molecular weight excluding hydrogens is 236 g/mol. The number of unbranched alkanes of at least 4 members (excludes halogenated alkanes) is 1. The molecular formula is C17H34O2. The van der Waals surface area contributed by atoms with Crippen LogP contribution in [0.4, 0.5) is 0 Å². The molecule has 2 nitrogen and oxygen atoms in total. The van der Waals surface area contributed by atoms with E-state index in [0.29, 0.717) is 17.6 Å². The Morgan fingerprint density at radius 1 is 1.00 bits per heavy atom. The van der Waals surface area contributed by atoms with E-state index >= 15 is 0 Å². The van der Waals surface area contributed by atoms with Crippen LogP contribution in [0.15, 0.2) is 0 Å². The van der Waals surface area contributed by atoms with Gasteiger partial charge in [0.05, 0.1) is 24.4 Å². The van der Waals surface area contributed by atoms with Gasteiger partial charge >= 0.3 is 0 Å². The lowest BCUT2D eigenvalue weighted by Crippen LogP contribution is -2.43. The summed E-state index contributed by atoms with van der Waals surface area (Å²) < 4.78 is 12.0. The summed E-state index contributed by atoms with van der Waals surface area (Å²) in [5.74, 6) is 0. The molecule has 1 aliphatic carbocycles. The van der Waals surface area contributed by atoms with Gasteiger partial charge in [0, 0.05) is 0 Å². The number of hydrogen-bond acceptors (Lipinski definition) is 2. The minimum atomic E-state index is -0.0192. The van der Waals surface area contributed by atoms with Crippen molar-refractivity contribution >= 4 is 0 Å². The highest BCUT2D eigenvalue weighted by Crippen LogP contribution is 2.34. The summed E-state index contributed by atoms with van der Waals surface area (Å²) in [4.78, 5) is 0. The third-order valence-electron chi connectivity index (χ3n) is 4.23. The quantitative estimate of drug-likeness (QED) is 0.621. The topological polar surface area (TPSA) is 18.5 Å². The molecule has 0 spiro atoms. The molecule has 0 aliphatic heterocycles. The fraction of sp³-hybridized carbons (Fsp3) is 1.00. The van der Waals surface area contributed by atoms with Crippen molar-refractivity contribution in [2.75, 3.05) is 6.61 Å². The molecule has 1 aliphatic rings. The van der Waals surface area contributed by atoms with Gasteiger partial charge in [0.2, 0.25) is 0 Å². The van der Waals surface area contributed by atoms with Crippen LogP contribution >= 0.6 is 0 Å². The van der Waals surface area contributed by atoms with Gasteiger partial charge < -0.3 is 9.47 Å². The predicted molar refractivity (Wildman–Crippen MR) is 81.5 cm³/mol. The van der Waals surface area contributed by atoms with Crippen molar-refractivity contribution in [3.63, 3.8) is 0 Å². The maximum absolute atomic E-state index is 6.10. The Kier molecular flexibility index (Phi) is 6.32. The third kappa shape index (κ3) is 6.27. The van der Waals surface area contributed by atoms with E-state index in [1.165, 1.54) is 25.7 Å². The molecule has 0 heterocycles. The fourth-order valence-electron chi connectivity index (χ4n) is 2.52. The molecule has 19 heavy (non-hydrogen) atoms. The second-order valence-electron chi connectivity index (χ2n) is 7.52. The maximum atomic E-state index is 6.10. The van der Waals surface area contributed by atoms with Crippen molar-refractivity contribution in [3.8, 4) is 0 Å². The van der Waals surface area contributed by atoms with Crippen molar-refractivity contribution < 1.29 is 9.47 Å². The summed E-state index contributed by atoms with van der Waals surface area (Å²) in [5, 5.41) is 0. The van der Waals surface area contributed by atoms with Gasteiger partial charge in [-0.05, 0) is 51.9 Å². The van der Waals surface area contributed by atoms with Gasteiger partial charge in [0.1, 0.15) is 0 Å². The molecule has 0 aromatic carbocycles. The van der Waals surface area contributed by atoms with Gasteiger partial charge in [0.15, 0.2) is 0 Å². The smallest absolute Gasteiger partial charge is 0.0631 e. The minimum Gasteiger partial charge on any atom is -0.377 e. The molecule has 1 rings (SSSR count). The van der Waals surface area contributed by atoms with Gasteiger partial charge in [-0.3, -0.25) is 0 Å². The average Bonchev–Trinajstić information content (AvgIpc) is 2.28. The minimum absolute atomic E-state index is 0.0192. The highest BCUT2D eigenvalue weighted by Gasteiger charge is 2.35. The Labute approximate surface area is 120 Å². The summed E-state index contributed by atoms with van der Waals surface area (Å²) in [6.07, 6.45) is 8.08. The van der Waals surface area contributed by atoms with Gasteiger partial charge in [-0.1, -0.05) is 33.6 Å². The van der Waals surface area contributed by atoms with E-state index in [1.54, 1.807) is 0 Å². The standard InChI is InChI=1S/C17H34O2/c1-7-9-10-17(6,8-2)13-18-14-11-15(12-14)19-16(3,4)5/h14-15H,7-13H2,1-6H3. The van der Waals surface area contributed by atoms with Gasteiger partial charge in [-0.15, -0.1) is 0 Å². The second-order valence-corrected chi connectivity index (χ2v) is 7.52. The number of ether oxygens (including phenoxy) is 2. The second kappa shape index (κ2) is 7.08. The summed E-state index contributed by atoms with van der Waals surface area (Å²) >= 11 is 0. The zero-order valence-corrected chi connectivity index (χ0v) is 13.9. The summed E-state index contributed by atoms with van der Waals surface area (Å²) in [5.41, 5.74) is 0.348. The van der Waals surface area contributed by atoms with Crippen LogP contribution in [0, 0.1) is 5.41 Å². The van der Waals surface area contributed by atoms with Crippen LogP contribution in [0.5, 0.6) is 0 Å². The molecule has 1 unspecified atom stereocenters. The Bertz CT molecular complexity index is 250. The van der Waals surface area contributed by atoms with Crippen LogP contribution in [0.3, 0.4) is 0 Å². The molecule has 114 valence electrons. The van der Waals surface area contributed by atoms with E-state index in [0.717, 1.165) is 19.4 Å². The van der Waals surface area contributed by atoms with E-state index in [4.69, 9.17) is 9.47 Å². The van der Waals surface area contributed by atoms with Crippen LogP contribution in [0.2, 0.25) is 0 Å². The molecule has 0 amide bonds. The first-order valence-corrected chi connectivity index (χ1v) is 8.07. The van der Waals surface area contributed by atoms with Crippen LogP contribution in [-0.2, 0) is 9.47 Å². The van der Waals surface area contributed by atoms with E-state index < -0.39 is 0 Å². The lowest BCUT2D eigenvalue weighted by molar-refractivity contribution is -0.157. The molecule has 0 aromatic heterocycles. The highest BCUT2D eigenvalue weighted by atomic mass is 16.5. The highest BCUT2D eigenvalue weighted by molar-refractivity contribution is 4.84. The lowest BCUT2D eigenvalue weighted by atomic mass is 9.82. The third-order valence-corrected chi connectivity index (χ3v) is 4.23. The molecule has 1 fully saturated rings. The molecule has 1 saturated carbocycles. The Hall–Kier alpha value is -0.0800. The summed E-state index contributed by atoms with van der Waals surface area (Å²) in [6, 6.07) is 0. The van der Waals surface area contributed by atoms with Gasteiger partial charge in [-0.25, -0.2) is 0 Å². The van der Waals surface area contributed by atoms with E-state index in [1.807, 2.05) is 0 Å². The van der Waals surface area contributed by atoms with E-state index in [-0.39, 0.29) is 5.60 Å². The van der Waals surface area contributed by atoms with Crippen molar-refractivity contribution in [3.05, 3.63) is 0 Å². The van der Waals surface area contributed by atoms with Gasteiger partial charge in [0.25, 0.3) is 0 Å². The molecule has 0 N–H and O–H groups in total. The molecule has 0 saturated heterocycles. The molecule has 0 bridgehead atoms. The summed E-state index contributed by atoms with van der Waals surface area (Å²) in [7, 11) is 0. The monoisotopic (exact) mass is 270 g/mol. The number of hydrogen-bond donors (Lipinski definition) is 0. The first-order chi connectivity index (χ1) is 8.78. The van der Waals surface area contributed by atoms with Crippen LogP contribution in [0.1, 0.15) is 80.1 Å². The van der Waals surface area contributed by atoms with E-state index in [9.17, 15) is 0 Å². The van der Waals surface area contributed by atoms with Crippen molar-refractivity contribution in [1.82, 2.24) is 0 Å². The van der Waals surface area contributed by atoms with E-state index in [2.05, 4.69) is 41.5 Å². The largest absolute Gasteiger partial charge is 0.377 e. The van der Waals surface area contributed by atoms with Crippen molar-refractivity contribution in [1.29, 1.82) is 0 Å². The molecule has 2 heteroatoms.